The fraction of sp³-hybridized carbons (Fsp3) is 0.346. The van der Waals surface area contributed by atoms with Gasteiger partial charge in [-0.25, -0.2) is 14.7 Å². The van der Waals surface area contributed by atoms with Crippen LogP contribution < -0.4 is 4.90 Å². The minimum Gasteiger partial charge on any atom is -0.481 e. The number of carboxylic acid groups (broad SMARTS) is 1. The first-order valence-corrected chi connectivity index (χ1v) is 12.1. The highest BCUT2D eigenvalue weighted by atomic mass is 32.1. The molecule has 1 N–H and O–H groups in total. The summed E-state index contributed by atoms with van der Waals surface area (Å²) in [6.45, 7) is 6.37. The predicted octanol–water partition coefficient (Wildman–Crippen LogP) is 5.96. The molecule has 2 atom stereocenters. The van der Waals surface area contributed by atoms with Crippen LogP contribution in [-0.2, 0) is 16.0 Å². The van der Waals surface area contributed by atoms with Crippen molar-refractivity contribution in [2.75, 3.05) is 11.5 Å². The molecule has 1 aliphatic rings. The summed E-state index contributed by atoms with van der Waals surface area (Å²) < 4.78 is 5.90. The van der Waals surface area contributed by atoms with Gasteiger partial charge in [-0.3, -0.25) is 4.79 Å². The van der Waals surface area contributed by atoms with Crippen molar-refractivity contribution in [3.05, 3.63) is 70.7 Å². The predicted molar refractivity (Wildman–Crippen MR) is 130 cm³/mol. The minimum atomic E-state index is -0.950. The number of carbonyl (C=O) groups excluding carboxylic acids is 1. The number of anilines is 1. The lowest BCUT2D eigenvalue weighted by Gasteiger charge is -2.30. The Balaban J connectivity index is 1.58. The van der Waals surface area contributed by atoms with Gasteiger partial charge >= 0.3 is 12.1 Å². The number of rotatable bonds is 8. The molecule has 2 unspecified atom stereocenters. The molecule has 3 aromatic rings. The highest BCUT2D eigenvalue weighted by molar-refractivity contribution is 7.14. The third kappa shape index (κ3) is 4.64. The van der Waals surface area contributed by atoms with E-state index >= 15 is 0 Å². The van der Waals surface area contributed by atoms with Gasteiger partial charge in [-0.2, -0.15) is 0 Å². The zero-order valence-corrected chi connectivity index (χ0v) is 19.8. The number of hydrogen-bond acceptors (Lipinski definition) is 5. The summed E-state index contributed by atoms with van der Waals surface area (Å²) in [5, 5.41) is 11.2. The normalized spacial score (nSPS) is 14.3. The molecule has 0 saturated heterocycles. The Morgan fingerprint density at radius 3 is 2.27 bits per heavy atom. The monoisotopic (exact) mass is 464 g/mol. The van der Waals surface area contributed by atoms with Gasteiger partial charge in [0.15, 0.2) is 5.13 Å². The molecule has 0 bridgehead atoms. The van der Waals surface area contributed by atoms with E-state index in [2.05, 4.69) is 43.1 Å². The Morgan fingerprint density at radius 2 is 1.70 bits per heavy atom. The molecular formula is C26H28N2O4S. The average Bonchev–Trinajstić information content (AvgIpc) is 3.39. The molecule has 1 heterocycles. The average molecular weight is 465 g/mol. The van der Waals surface area contributed by atoms with Crippen LogP contribution in [0.5, 0.6) is 0 Å². The van der Waals surface area contributed by atoms with E-state index in [9.17, 15) is 9.59 Å². The van der Waals surface area contributed by atoms with Crippen molar-refractivity contribution in [3.63, 3.8) is 0 Å². The van der Waals surface area contributed by atoms with Crippen LogP contribution in [0.25, 0.3) is 11.1 Å². The van der Waals surface area contributed by atoms with E-state index in [1.807, 2.05) is 31.2 Å². The molecule has 6 nitrogen and oxygen atoms in total. The number of benzene rings is 2. The van der Waals surface area contributed by atoms with Crippen LogP contribution in [0.4, 0.5) is 9.93 Å². The molecule has 7 heteroatoms. The maximum atomic E-state index is 13.4. The summed E-state index contributed by atoms with van der Waals surface area (Å²) in [6, 6.07) is 16.3. The van der Waals surface area contributed by atoms with Gasteiger partial charge in [0.05, 0.1) is 12.1 Å². The van der Waals surface area contributed by atoms with Crippen molar-refractivity contribution >= 4 is 28.5 Å². The van der Waals surface area contributed by atoms with Gasteiger partial charge in [-0.15, -0.1) is 11.3 Å². The number of ether oxygens (including phenoxy) is 1. The van der Waals surface area contributed by atoms with E-state index in [-0.39, 0.29) is 30.9 Å². The summed E-state index contributed by atoms with van der Waals surface area (Å²) in [7, 11) is 0. The molecule has 1 aromatic heterocycles. The molecule has 0 spiro atoms. The number of amides is 1. The largest absolute Gasteiger partial charge is 0.481 e. The van der Waals surface area contributed by atoms with Gasteiger partial charge in [0.25, 0.3) is 0 Å². The third-order valence-corrected chi connectivity index (χ3v) is 7.37. The fourth-order valence-electron chi connectivity index (χ4n) is 4.32. The number of aliphatic carboxylic acids is 1. The Bertz CT molecular complexity index is 1110. The van der Waals surface area contributed by atoms with Gasteiger partial charge in [-0.1, -0.05) is 68.8 Å². The number of aromatic nitrogens is 1. The van der Waals surface area contributed by atoms with Gasteiger partial charge in [0.2, 0.25) is 0 Å². The number of hydrogen-bond donors (Lipinski definition) is 1. The van der Waals surface area contributed by atoms with Crippen molar-refractivity contribution in [2.45, 2.75) is 45.6 Å². The Hall–Kier alpha value is -3.19. The first-order chi connectivity index (χ1) is 15.9. The lowest BCUT2D eigenvalue weighted by Crippen LogP contribution is -2.43. The zero-order valence-electron chi connectivity index (χ0n) is 19.0. The summed E-state index contributed by atoms with van der Waals surface area (Å²) in [5.41, 5.74) is 5.11. The molecule has 1 amide bonds. The van der Waals surface area contributed by atoms with E-state index < -0.39 is 12.1 Å². The second-order valence-corrected chi connectivity index (χ2v) is 9.33. The number of fused-ring (bicyclic) bond motifs is 3. The smallest absolute Gasteiger partial charge is 0.416 e. The second-order valence-electron chi connectivity index (χ2n) is 8.49. The Kier molecular flexibility index (Phi) is 6.79. The number of thiazole rings is 1. The first-order valence-electron chi connectivity index (χ1n) is 11.2. The summed E-state index contributed by atoms with van der Waals surface area (Å²) in [4.78, 5) is 30.5. The highest BCUT2D eigenvalue weighted by Gasteiger charge is 2.33. The molecule has 0 fully saturated rings. The van der Waals surface area contributed by atoms with E-state index in [1.165, 1.54) is 22.5 Å². The summed E-state index contributed by atoms with van der Waals surface area (Å²) in [6.07, 6.45) is 0.259. The molecule has 172 valence electrons. The van der Waals surface area contributed by atoms with Crippen molar-refractivity contribution in [3.8, 4) is 11.1 Å². The maximum Gasteiger partial charge on any atom is 0.416 e. The third-order valence-electron chi connectivity index (χ3n) is 6.49. The van der Waals surface area contributed by atoms with Crippen LogP contribution in [0.15, 0.2) is 53.9 Å². The van der Waals surface area contributed by atoms with Crippen LogP contribution in [0, 0.1) is 5.92 Å². The Labute approximate surface area is 197 Å². The van der Waals surface area contributed by atoms with E-state index in [0.29, 0.717) is 10.8 Å². The van der Waals surface area contributed by atoms with E-state index in [1.54, 1.807) is 10.3 Å². The fourth-order valence-corrected chi connectivity index (χ4v) is 5.22. The number of carbonyl (C=O) groups is 2. The first kappa shape index (κ1) is 23.0. The summed E-state index contributed by atoms with van der Waals surface area (Å²) >= 11 is 1.27. The quantitative estimate of drug-likeness (QED) is 0.445. The molecule has 2 aromatic carbocycles. The van der Waals surface area contributed by atoms with E-state index in [0.717, 1.165) is 17.5 Å². The minimum absolute atomic E-state index is 0.0269. The van der Waals surface area contributed by atoms with Gasteiger partial charge < -0.3 is 9.84 Å². The van der Waals surface area contributed by atoms with Crippen molar-refractivity contribution in [1.82, 2.24) is 4.98 Å². The molecular weight excluding hydrogens is 436 g/mol. The van der Waals surface area contributed by atoms with Gasteiger partial charge in [0, 0.05) is 17.3 Å². The SMILES string of the molecule is CCC(C)C(C)N(C(=O)OCC1c2ccccc2-c2ccccc21)c1nc(CC(=O)O)cs1. The molecule has 0 aliphatic heterocycles. The number of nitrogens with zero attached hydrogens (tertiary/aromatic N) is 2. The van der Waals surface area contributed by atoms with Gasteiger partial charge in [-0.05, 0) is 35.1 Å². The van der Waals surface area contributed by atoms with Crippen LogP contribution in [0.3, 0.4) is 0 Å². The van der Waals surface area contributed by atoms with Gasteiger partial charge in [0.1, 0.15) is 6.61 Å². The topological polar surface area (TPSA) is 79.7 Å². The summed E-state index contributed by atoms with van der Waals surface area (Å²) in [5.74, 6) is -0.757. The lowest BCUT2D eigenvalue weighted by molar-refractivity contribution is -0.136. The van der Waals surface area contributed by atoms with Crippen LogP contribution >= 0.6 is 11.3 Å². The molecule has 0 saturated carbocycles. The molecule has 1 aliphatic carbocycles. The lowest BCUT2D eigenvalue weighted by atomic mass is 9.98. The van der Waals surface area contributed by atoms with Crippen molar-refractivity contribution < 1.29 is 19.4 Å². The Morgan fingerprint density at radius 1 is 1.09 bits per heavy atom. The maximum absolute atomic E-state index is 13.4. The molecule has 33 heavy (non-hydrogen) atoms. The molecule has 4 rings (SSSR count). The van der Waals surface area contributed by atoms with Crippen molar-refractivity contribution in [2.24, 2.45) is 5.92 Å². The number of carboxylic acids is 1. The zero-order chi connectivity index (χ0) is 23.5. The van der Waals surface area contributed by atoms with Crippen LogP contribution in [0.1, 0.15) is 49.9 Å². The van der Waals surface area contributed by atoms with Crippen molar-refractivity contribution in [1.29, 1.82) is 0 Å². The molecule has 0 radical (unpaired) electrons. The van der Waals surface area contributed by atoms with Crippen LogP contribution in [-0.4, -0.2) is 34.8 Å². The standard InChI is InChI=1S/C26H28N2O4S/c1-4-16(2)17(3)28(25-27-18(15-33-25)13-24(29)30)26(31)32-14-23-21-11-7-5-9-19(21)20-10-6-8-12-22(20)23/h5-12,15-17,23H,4,13-14H2,1-3H3,(H,29,30). The van der Waals surface area contributed by atoms with Crippen LogP contribution in [0.2, 0.25) is 0 Å². The second kappa shape index (κ2) is 9.75. The van der Waals surface area contributed by atoms with E-state index in [4.69, 9.17) is 9.84 Å². The highest BCUT2D eigenvalue weighted by Crippen LogP contribution is 2.44.